The molecule has 0 amide bonds. The number of thioether (sulfide) groups is 1. The number of azo groups is 1. The van der Waals surface area contributed by atoms with Crippen molar-refractivity contribution in [1.82, 2.24) is 0 Å². The average molecular weight is 856 g/mol. The molecule has 0 spiro atoms. The van der Waals surface area contributed by atoms with Crippen molar-refractivity contribution in [2.45, 2.75) is 70.6 Å². The lowest BCUT2D eigenvalue weighted by atomic mass is 9.79. The number of benzene rings is 1. The van der Waals surface area contributed by atoms with E-state index in [-0.39, 0.29) is 26.4 Å². The summed E-state index contributed by atoms with van der Waals surface area (Å²) in [7, 11) is 0. The maximum Gasteiger partial charge on any atom is 0.309 e. The maximum atomic E-state index is 12.6. The quantitative estimate of drug-likeness (QED) is 0.0668. The van der Waals surface area contributed by atoms with Gasteiger partial charge in [-0.15, -0.1) is 0 Å². The summed E-state index contributed by atoms with van der Waals surface area (Å²) in [5, 5.41) is 46.2. The van der Waals surface area contributed by atoms with Crippen LogP contribution in [0.1, 0.15) is 63.9 Å². The number of carboxylic acid groups (broad SMARTS) is 2. The summed E-state index contributed by atoms with van der Waals surface area (Å²) >= 11 is 1.24. The van der Waals surface area contributed by atoms with Crippen LogP contribution in [0.3, 0.4) is 0 Å². The van der Waals surface area contributed by atoms with E-state index in [4.69, 9.17) is 28.4 Å². The number of aliphatic carboxylic acids is 2. The van der Waals surface area contributed by atoms with Gasteiger partial charge in [0.25, 0.3) is 0 Å². The number of carbonyl (C=O) groups excluding carboxylic acids is 2. The number of hydrogen-bond donors (Lipinski definition) is 2. The van der Waals surface area contributed by atoms with Crippen molar-refractivity contribution in [3.05, 3.63) is 34.2 Å². The molecule has 0 bridgehead atoms. The number of esters is 2. The molecule has 0 aromatic heterocycles. The molecule has 6 unspecified atom stereocenters. The predicted molar refractivity (Wildman–Crippen MR) is 218 cm³/mol. The molecule has 4 rings (SSSR count). The Morgan fingerprint density at radius 3 is 1.63 bits per heavy atom. The standard InChI is InChI=1S/C42H57N5O12S/c1-28-25-30(11-12-36(28)45-46-38-35(26-43)29(2)37(27-44)60-38)47(14-16-55-21-23-58-41(52)33-9-5-3-7-31(33)39(48)49)13-15-54-17-18-56-19-20-57-22-24-59-42(53)34-10-6-4-8-32(34)40(50)51/h11-12,25,31-35,38H,3-10,13-24H2,1-2H3,(H,48,49)(H,50,51). The van der Waals surface area contributed by atoms with Gasteiger partial charge in [0.05, 0.1) is 93.2 Å². The minimum absolute atomic E-state index is 0.0222. The topological polar surface area (TPSA) is 240 Å². The monoisotopic (exact) mass is 855 g/mol. The molecule has 2 saturated carbocycles. The molecule has 328 valence electrons. The molecule has 1 aromatic carbocycles. The molecule has 0 radical (unpaired) electrons. The highest BCUT2D eigenvalue weighted by Crippen LogP contribution is 2.43. The van der Waals surface area contributed by atoms with E-state index < -0.39 is 58.8 Å². The Balaban J connectivity index is 1.19. The number of carboxylic acids is 2. The van der Waals surface area contributed by atoms with E-state index >= 15 is 0 Å². The van der Waals surface area contributed by atoms with Gasteiger partial charge >= 0.3 is 23.9 Å². The molecule has 6 atom stereocenters. The van der Waals surface area contributed by atoms with E-state index in [0.717, 1.165) is 36.9 Å². The summed E-state index contributed by atoms with van der Waals surface area (Å²) in [4.78, 5) is 50.6. The maximum absolute atomic E-state index is 12.6. The Labute approximate surface area is 355 Å². The number of allylic oxidation sites excluding steroid dienone is 1. The number of hydrogen-bond acceptors (Lipinski definition) is 16. The van der Waals surface area contributed by atoms with Crippen molar-refractivity contribution < 1.29 is 57.8 Å². The summed E-state index contributed by atoms with van der Waals surface area (Å²) < 4.78 is 33.4. The van der Waals surface area contributed by atoms with Gasteiger partial charge in [-0.25, -0.2) is 0 Å². The number of nitriles is 2. The van der Waals surface area contributed by atoms with Crippen molar-refractivity contribution in [3.8, 4) is 12.1 Å². The van der Waals surface area contributed by atoms with E-state index in [1.165, 1.54) is 11.8 Å². The van der Waals surface area contributed by atoms with Gasteiger partial charge in [-0.2, -0.15) is 20.8 Å². The third-order valence-corrected chi connectivity index (χ3v) is 12.1. The first-order chi connectivity index (χ1) is 29.0. The number of rotatable bonds is 25. The molecule has 2 N–H and O–H groups in total. The molecule has 2 aliphatic carbocycles. The summed E-state index contributed by atoms with van der Waals surface area (Å²) in [6.07, 6.45) is 5.20. The lowest BCUT2D eigenvalue weighted by Crippen LogP contribution is -2.34. The normalized spacial score (nSPS) is 22.9. The minimum atomic E-state index is -0.966. The highest BCUT2D eigenvalue weighted by molar-refractivity contribution is 8.04. The van der Waals surface area contributed by atoms with Gasteiger partial charge in [-0.05, 0) is 68.9 Å². The molecule has 1 aromatic rings. The van der Waals surface area contributed by atoms with Crippen molar-refractivity contribution in [3.63, 3.8) is 0 Å². The number of anilines is 1. The Kier molecular flexibility index (Phi) is 20.8. The first-order valence-electron chi connectivity index (χ1n) is 20.6. The SMILES string of the molecule is CC1=C(C#N)SC(N=Nc2ccc(N(CCOCCOCCOCCOC(=O)C3CCCCC3C(=O)O)CCOCCOC(=O)C3CCCCC3C(=O)O)cc2C)C1C#N. The van der Waals surface area contributed by atoms with Crippen LogP contribution >= 0.6 is 11.8 Å². The molecule has 60 heavy (non-hydrogen) atoms. The molecule has 0 saturated heterocycles. The molecule has 3 aliphatic rings. The van der Waals surface area contributed by atoms with E-state index in [2.05, 4.69) is 27.3 Å². The molecular formula is C42H57N5O12S. The van der Waals surface area contributed by atoms with Crippen LogP contribution in [0, 0.1) is 59.2 Å². The first kappa shape index (κ1) is 48.1. The van der Waals surface area contributed by atoms with Gasteiger partial charge in [-0.3, -0.25) is 19.2 Å². The second-order valence-corrected chi connectivity index (χ2v) is 16.0. The third kappa shape index (κ3) is 14.8. The van der Waals surface area contributed by atoms with Crippen molar-refractivity contribution in [2.24, 2.45) is 39.8 Å². The fourth-order valence-electron chi connectivity index (χ4n) is 7.47. The van der Waals surface area contributed by atoms with Crippen molar-refractivity contribution in [2.75, 3.05) is 84.1 Å². The summed E-state index contributed by atoms with van der Waals surface area (Å²) in [5.41, 5.74) is 3.07. The summed E-state index contributed by atoms with van der Waals surface area (Å²) in [6, 6.07) is 10.1. The number of carbonyl (C=O) groups is 4. The van der Waals surface area contributed by atoms with E-state index in [1.54, 1.807) is 6.92 Å². The zero-order valence-electron chi connectivity index (χ0n) is 34.5. The van der Waals surface area contributed by atoms with E-state index in [0.29, 0.717) is 94.6 Å². The smallest absolute Gasteiger partial charge is 0.309 e. The Hall–Kier alpha value is -4.59. The van der Waals surface area contributed by atoms with Crippen LogP contribution in [-0.4, -0.2) is 119 Å². The average Bonchev–Trinajstić information content (AvgIpc) is 3.57. The van der Waals surface area contributed by atoms with Crippen molar-refractivity contribution in [1.29, 1.82) is 10.5 Å². The zero-order valence-corrected chi connectivity index (χ0v) is 35.3. The van der Waals surface area contributed by atoms with E-state index in [1.807, 2.05) is 25.1 Å². The number of ether oxygens (including phenoxy) is 6. The summed E-state index contributed by atoms with van der Waals surface area (Å²) in [5.74, 6) is -6.07. The zero-order chi connectivity index (χ0) is 43.3. The van der Waals surface area contributed by atoms with Gasteiger partial charge < -0.3 is 43.5 Å². The third-order valence-electron chi connectivity index (χ3n) is 10.9. The lowest BCUT2D eigenvalue weighted by Gasteiger charge is -2.27. The van der Waals surface area contributed by atoms with Gasteiger partial charge in [0.15, 0.2) is 0 Å². The van der Waals surface area contributed by atoms with Crippen LogP contribution in [0.15, 0.2) is 38.9 Å². The van der Waals surface area contributed by atoms with Crippen LogP contribution in [0.4, 0.5) is 11.4 Å². The van der Waals surface area contributed by atoms with Crippen LogP contribution < -0.4 is 4.90 Å². The lowest BCUT2D eigenvalue weighted by molar-refractivity contribution is -0.160. The Morgan fingerprint density at radius 1 is 0.717 bits per heavy atom. The minimum Gasteiger partial charge on any atom is -0.481 e. The molecule has 1 heterocycles. The van der Waals surface area contributed by atoms with Crippen LogP contribution in [-0.2, 0) is 47.6 Å². The molecular weight excluding hydrogens is 799 g/mol. The van der Waals surface area contributed by atoms with Gasteiger partial charge in [0, 0.05) is 18.8 Å². The van der Waals surface area contributed by atoms with E-state index in [9.17, 15) is 39.9 Å². The highest BCUT2D eigenvalue weighted by Gasteiger charge is 2.38. The fourth-order valence-corrected chi connectivity index (χ4v) is 8.57. The van der Waals surface area contributed by atoms with Crippen molar-refractivity contribution >= 4 is 47.0 Å². The fraction of sp³-hybridized carbons (Fsp3) is 0.667. The molecule has 1 aliphatic heterocycles. The van der Waals surface area contributed by atoms with Gasteiger partial charge in [0.1, 0.15) is 30.6 Å². The number of aryl methyl sites for hydroxylation is 1. The Morgan fingerprint density at radius 2 is 1.18 bits per heavy atom. The predicted octanol–water partition coefficient (Wildman–Crippen LogP) is 5.83. The van der Waals surface area contributed by atoms with Crippen LogP contribution in [0.25, 0.3) is 0 Å². The van der Waals surface area contributed by atoms with Crippen LogP contribution in [0.5, 0.6) is 0 Å². The Bertz CT molecular complexity index is 1750. The second-order valence-electron chi connectivity index (χ2n) is 14.9. The van der Waals surface area contributed by atoms with Crippen LogP contribution in [0.2, 0.25) is 0 Å². The van der Waals surface area contributed by atoms with Gasteiger partial charge in [0.2, 0.25) is 0 Å². The molecule has 2 fully saturated rings. The second kappa shape index (κ2) is 25.9. The largest absolute Gasteiger partial charge is 0.481 e. The van der Waals surface area contributed by atoms with Gasteiger partial charge in [-0.1, -0.05) is 37.4 Å². The molecule has 17 nitrogen and oxygen atoms in total. The molecule has 18 heteroatoms. The first-order valence-corrected chi connectivity index (χ1v) is 21.5. The number of nitrogens with zero attached hydrogens (tertiary/aromatic N) is 5. The summed E-state index contributed by atoms with van der Waals surface area (Å²) in [6.45, 7) is 7.05. The highest BCUT2D eigenvalue weighted by atomic mass is 32.2.